The van der Waals surface area contributed by atoms with Gasteiger partial charge in [0.15, 0.2) is 5.03 Å². The molecule has 2 heterocycles. The lowest BCUT2D eigenvalue weighted by atomic mass is 9.88. The van der Waals surface area contributed by atoms with Gasteiger partial charge in [0.2, 0.25) is 9.84 Å². The fourth-order valence-electron chi connectivity index (χ4n) is 1.73. The Morgan fingerprint density at radius 1 is 1.20 bits per heavy atom. The summed E-state index contributed by atoms with van der Waals surface area (Å²) in [4.78, 5) is 9.14. The van der Waals surface area contributed by atoms with E-state index in [1.165, 1.54) is 11.3 Å². The molecule has 0 amide bonds. The number of pyridine rings is 1. The Morgan fingerprint density at radius 2 is 1.90 bits per heavy atom. The van der Waals surface area contributed by atoms with Gasteiger partial charge in [0.05, 0.1) is 17.0 Å². The van der Waals surface area contributed by atoms with Crippen LogP contribution in [0.4, 0.5) is 0 Å². The van der Waals surface area contributed by atoms with Gasteiger partial charge in [0.1, 0.15) is 0 Å². The van der Waals surface area contributed by atoms with Gasteiger partial charge in [-0.15, -0.1) is 11.3 Å². The van der Waals surface area contributed by atoms with Crippen LogP contribution in [0.5, 0.6) is 0 Å². The summed E-state index contributed by atoms with van der Waals surface area (Å²) in [6, 6.07) is 3.41. The molecule has 108 valence electrons. The van der Waals surface area contributed by atoms with E-state index in [9.17, 15) is 8.42 Å². The fraction of sp³-hybridized carbons (Fsp3) is 0.429. The highest BCUT2D eigenvalue weighted by molar-refractivity contribution is 7.90. The number of hydrogen-bond donors (Lipinski definition) is 0. The van der Waals surface area contributed by atoms with Crippen molar-refractivity contribution in [2.75, 3.05) is 0 Å². The van der Waals surface area contributed by atoms with Gasteiger partial charge in [0, 0.05) is 11.1 Å². The molecule has 0 aromatic carbocycles. The van der Waals surface area contributed by atoms with E-state index in [1.54, 1.807) is 17.8 Å². The van der Waals surface area contributed by atoms with Crippen LogP contribution >= 0.6 is 11.3 Å². The number of thiazole rings is 1. The molecule has 20 heavy (non-hydrogen) atoms. The molecule has 0 spiro atoms. The molecule has 0 radical (unpaired) electrons. The van der Waals surface area contributed by atoms with Crippen molar-refractivity contribution in [3.05, 3.63) is 40.0 Å². The fourth-order valence-corrected chi connectivity index (χ4v) is 3.71. The smallest absolute Gasteiger partial charge is 0.201 e. The van der Waals surface area contributed by atoms with Crippen LogP contribution in [0.3, 0.4) is 0 Å². The van der Waals surface area contributed by atoms with E-state index in [0.29, 0.717) is 5.69 Å². The van der Waals surface area contributed by atoms with E-state index in [-0.39, 0.29) is 16.2 Å². The lowest BCUT2D eigenvalue weighted by Crippen LogP contribution is -2.13. The van der Waals surface area contributed by atoms with Crippen LogP contribution in [0.15, 0.2) is 28.9 Å². The third-order valence-corrected chi connectivity index (χ3v) is 5.42. The molecule has 0 N–H and O–H groups in total. The average Bonchev–Trinajstić information content (AvgIpc) is 2.73. The first-order valence-corrected chi connectivity index (χ1v) is 8.81. The van der Waals surface area contributed by atoms with Crippen molar-refractivity contribution >= 4 is 21.2 Å². The zero-order valence-corrected chi connectivity index (χ0v) is 13.7. The highest BCUT2D eigenvalue weighted by Gasteiger charge is 2.21. The predicted molar refractivity (Wildman–Crippen MR) is 80.7 cm³/mol. The molecule has 0 aliphatic heterocycles. The molecule has 0 saturated carbocycles. The normalized spacial score (nSPS) is 12.6. The van der Waals surface area contributed by atoms with Crippen molar-refractivity contribution in [2.24, 2.45) is 0 Å². The van der Waals surface area contributed by atoms with Crippen LogP contribution in [0.25, 0.3) is 0 Å². The molecule has 0 saturated heterocycles. The maximum atomic E-state index is 12.3. The Bertz CT molecular complexity index is 696. The van der Waals surface area contributed by atoms with Crippen molar-refractivity contribution in [3.8, 4) is 0 Å². The van der Waals surface area contributed by atoms with Gasteiger partial charge in [-0.05, 0) is 24.0 Å². The van der Waals surface area contributed by atoms with Gasteiger partial charge in [-0.3, -0.25) is 0 Å². The van der Waals surface area contributed by atoms with Crippen molar-refractivity contribution in [3.63, 3.8) is 0 Å². The number of hydrogen-bond acceptors (Lipinski definition) is 5. The van der Waals surface area contributed by atoms with Gasteiger partial charge in [0.25, 0.3) is 0 Å². The van der Waals surface area contributed by atoms with Crippen molar-refractivity contribution in [1.82, 2.24) is 9.97 Å². The van der Waals surface area contributed by atoms with Crippen LogP contribution in [0, 0.1) is 6.92 Å². The first-order chi connectivity index (χ1) is 9.20. The summed E-state index contributed by atoms with van der Waals surface area (Å²) in [6.07, 6.45) is 1.64. The Morgan fingerprint density at radius 3 is 2.35 bits per heavy atom. The van der Waals surface area contributed by atoms with Crippen LogP contribution in [-0.4, -0.2) is 18.4 Å². The molecule has 0 aliphatic carbocycles. The third-order valence-electron chi connectivity index (χ3n) is 3.09. The number of aromatic nitrogens is 2. The molecular formula is C14H18N2O2S2. The molecule has 2 rings (SSSR count). The Balaban J connectivity index is 2.29. The van der Waals surface area contributed by atoms with Crippen LogP contribution < -0.4 is 0 Å². The topological polar surface area (TPSA) is 59.9 Å². The molecule has 2 aromatic heterocycles. The summed E-state index contributed by atoms with van der Waals surface area (Å²) in [5.41, 5.74) is 3.25. The molecule has 0 fully saturated rings. The quantitative estimate of drug-likeness (QED) is 0.874. The number of sulfone groups is 1. The van der Waals surface area contributed by atoms with Gasteiger partial charge < -0.3 is 0 Å². The minimum atomic E-state index is -3.43. The molecule has 2 aromatic rings. The predicted octanol–water partition coefficient (Wildman–Crippen LogP) is 3.12. The molecule has 0 aliphatic rings. The third kappa shape index (κ3) is 3.24. The first kappa shape index (κ1) is 15.1. The summed E-state index contributed by atoms with van der Waals surface area (Å²) in [6.45, 7) is 8.07. The number of rotatable bonds is 3. The van der Waals surface area contributed by atoms with Gasteiger partial charge in [-0.25, -0.2) is 18.4 Å². The Hall–Kier alpha value is -1.27. The average molecular weight is 310 g/mol. The second kappa shape index (κ2) is 5.26. The van der Waals surface area contributed by atoms with Gasteiger partial charge in [-0.2, -0.15) is 0 Å². The van der Waals surface area contributed by atoms with E-state index in [0.717, 1.165) is 10.4 Å². The maximum Gasteiger partial charge on any atom is 0.201 e. The lowest BCUT2D eigenvalue weighted by Gasteiger charge is -2.18. The monoisotopic (exact) mass is 310 g/mol. The van der Waals surface area contributed by atoms with Crippen molar-refractivity contribution in [2.45, 2.75) is 43.9 Å². The molecule has 6 heteroatoms. The summed E-state index contributed by atoms with van der Waals surface area (Å²) < 4.78 is 24.6. The van der Waals surface area contributed by atoms with E-state index >= 15 is 0 Å². The van der Waals surface area contributed by atoms with E-state index in [2.05, 4.69) is 30.7 Å². The van der Waals surface area contributed by atoms with E-state index in [4.69, 9.17) is 0 Å². The standard InChI is InChI=1S/C14H18N2O2S2/c1-10-12(16-9-19-10)8-20(17,18)13-6-5-11(7-15-13)14(2,3)4/h5-7,9H,8H2,1-4H3. The Labute approximate surface area is 123 Å². The van der Waals surface area contributed by atoms with Crippen molar-refractivity contribution in [1.29, 1.82) is 0 Å². The molecule has 4 nitrogen and oxygen atoms in total. The zero-order valence-electron chi connectivity index (χ0n) is 12.0. The van der Waals surface area contributed by atoms with Crippen LogP contribution in [0.1, 0.15) is 36.9 Å². The lowest BCUT2D eigenvalue weighted by molar-refractivity contribution is 0.579. The second-order valence-electron chi connectivity index (χ2n) is 5.75. The zero-order chi connectivity index (χ0) is 15.0. The second-order valence-corrected chi connectivity index (χ2v) is 8.74. The molecule has 0 unspecified atom stereocenters. The highest BCUT2D eigenvalue weighted by Crippen LogP contribution is 2.23. The summed E-state index contributed by atoms with van der Waals surface area (Å²) in [5.74, 6) is -0.0931. The molecular weight excluding hydrogens is 292 g/mol. The number of nitrogens with zero attached hydrogens (tertiary/aromatic N) is 2. The van der Waals surface area contributed by atoms with Crippen LogP contribution in [-0.2, 0) is 21.0 Å². The number of aryl methyl sites for hydroxylation is 1. The van der Waals surface area contributed by atoms with Gasteiger partial charge in [-0.1, -0.05) is 26.8 Å². The minimum Gasteiger partial charge on any atom is -0.248 e. The SMILES string of the molecule is Cc1scnc1CS(=O)(=O)c1ccc(C(C)(C)C)cn1. The molecule has 0 bridgehead atoms. The van der Waals surface area contributed by atoms with Crippen molar-refractivity contribution < 1.29 is 8.42 Å². The molecule has 0 atom stereocenters. The Kier molecular flexibility index (Phi) is 3.97. The highest BCUT2D eigenvalue weighted by atomic mass is 32.2. The summed E-state index contributed by atoms with van der Waals surface area (Å²) in [7, 11) is -3.43. The summed E-state index contributed by atoms with van der Waals surface area (Å²) >= 11 is 1.45. The first-order valence-electron chi connectivity index (χ1n) is 6.28. The van der Waals surface area contributed by atoms with E-state index < -0.39 is 9.84 Å². The van der Waals surface area contributed by atoms with Gasteiger partial charge >= 0.3 is 0 Å². The van der Waals surface area contributed by atoms with E-state index in [1.807, 2.05) is 13.0 Å². The maximum absolute atomic E-state index is 12.3. The largest absolute Gasteiger partial charge is 0.248 e. The summed E-state index contributed by atoms with van der Waals surface area (Å²) in [5, 5.41) is 0.109. The van der Waals surface area contributed by atoms with Crippen LogP contribution in [0.2, 0.25) is 0 Å². The minimum absolute atomic E-state index is 0.0409.